The van der Waals surface area contributed by atoms with Crippen molar-refractivity contribution in [3.05, 3.63) is 53.8 Å². The lowest BCUT2D eigenvalue weighted by Crippen LogP contribution is -2.22. The van der Waals surface area contributed by atoms with Gasteiger partial charge in [0.05, 0.1) is 0 Å². The summed E-state index contributed by atoms with van der Waals surface area (Å²) in [6.07, 6.45) is 6.34. The van der Waals surface area contributed by atoms with Crippen LogP contribution in [0.15, 0.2) is 48.2 Å². The molecule has 0 unspecified atom stereocenters. The molecule has 0 fully saturated rings. The highest BCUT2D eigenvalue weighted by Gasteiger charge is 2.37. The van der Waals surface area contributed by atoms with Gasteiger partial charge in [0.1, 0.15) is 7.05 Å². The highest BCUT2D eigenvalue weighted by atomic mass is 16.5. The van der Waals surface area contributed by atoms with E-state index in [2.05, 4.69) is 73.8 Å². The van der Waals surface area contributed by atoms with Gasteiger partial charge in [-0.1, -0.05) is 38.1 Å². The Labute approximate surface area is 126 Å². The molecular weight excluding hydrogens is 260 g/mol. The van der Waals surface area contributed by atoms with Gasteiger partial charge in [-0.2, -0.15) is 4.58 Å². The Kier molecular flexibility index (Phi) is 3.36. The number of allylic oxidation sites excluding steroid dienone is 3. The summed E-state index contributed by atoms with van der Waals surface area (Å²) >= 11 is 0. The third-order valence-corrected chi connectivity index (χ3v) is 4.49. The van der Waals surface area contributed by atoms with Crippen molar-refractivity contribution in [3.63, 3.8) is 0 Å². The van der Waals surface area contributed by atoms with Crippen molar-refractivity contribution in [2.45, 2.75) is 19.3 Å². The minimum Gasteiger partial charge on any atom is -0.438 e. The number of hydrogen-bond donors (Lipinski definition) is 0. The van der Waals surface area contributed by atoms with Crippen LogP contribution < -0.4 is 4.90 Å². The Hall–Kier alpha value is -2.03. The zero-order chi connectivity index (χ0) is 15.0. The highest BCUT2D eigenvalue weighted by Crippen LogP contribution is 2.46. The summed E-state index contributed by atoms with van der Waals surface area (Å²) in [5, 5.41) is 0. The van der Waals surface area contributed by atoms with Crippen molar-refractivity contribution in [1.29, 1.82) is 0 Å². The largest absolute Gasteiger partial charge is 0.438 e. The van der Waals surface area contributed by atoms with Gasteiger partial charge >= 0.3 is 5.90 Å². The molecule has 21 heavy (non-hydrogen) atoms. The molecule has 0 aliphatic carbocycles. The van der Waals surface area contributed by atoms with Crippen LogP contribution in [0.2, 0.25) is 0 Å². The van der Waals surface area contributed by atoms with Gasteiger partial charge in [-0.15, -0.1) is 0 Å². The molecule has 3 nitrogen and oxygen atoms in total. The second kappa shape index (κ2) is 5.06. The SMILES string of the molecule is CN1/C(=C\C=C\C2=[N+](C)CCO2)C(C)(C)c2ccccc21. The summed E-state index contributed by atoms with van der Waals surface area (Å²) in [5.74, 6) is 0.947. The molecule has 1 aromatic carbocycles. The molecule has 3 heteroatoms. The fourth-order valence-electron chi connectivity index (χ4n) is 3.21. The van der Waals surface area contributed by atoms with Crippen LogP contribution in [0, 0.1) is 0 Å². The molecule has 0 saturated carbocycles. The summed E-state index contributed by atoms with van der Waals surface area (Å²) in [7, 11) is 4.19. The maximum absolute atomic E-state index is 5.58. The molecule has 2 heterocycles. The van der Waals surface area contributed by atoms with E-state index in [0.717, 1.165) is 19.0 Å². The second-order valence-corrected chi connectivity index (χ2v) is 6.22. The predicted octanol–water partition coefficient (Wildman–Crippen LogP) is 2.93. The Bertz CT molecular complexity index is 653. The van der Waals surface area contributed by atoms with Crippen LogP contribution in [0.4, 0.5) is 5.69 Å². The fraction of sp³-hybridized carbons (Fsp3) is 0.389. The van der Waals surface area contributed by atoms with E-state index in [9.17, 15) is 0 Å². The van der Waals surface area contributed by atoms with Crippen LogP contribution in [0.25, 0.3) is 0 Å². The molecule has 0 bridgehead atoms. The highest BCUT2D eigenvalue weighted by molar-refractivity contribution is 5.84. The zero-order valence-corrected chi connectivity index (χ0v) is 13.3. The topological polar surface area (TPSA) is 15.5 Å². The van der Waals surface area contributed by atoms with E-state index in [1.807, 2.05) is 6.08 Å². The number of fused-ring (bicyclic) bond motifs is 1. The number of rotatable bonds is 2. The quantitative estimate of drug-likeness (QED) is 0.776. The molecule has 0 atom stereocenters. The number of ether oxygens (including phenoxy) is 1. The van der Waals surface area contributed by atoms with E-state index < -0.39 is 0 Å². The first-order valence-electron chi connectivity index (χ1n) is 7.45. The van der Waals surface area contributed by atoms with Gasteiger partial charge in [-0.25, -0.2) is 0 Å². The third-order valence-electron chi connectivity index (χ3n) is 4.49. The number of para-hydroxylation sites is 1. The minimum atomic E-state index is 0.0305. The van der Waals surface area contributed by atoms with Gasteiger partial charge in [-0.3, -0.25) is 0 Å². The molecular formula is C18H23N2O+. The number of hydrogen-bond acceptors (Lipinski definition) is 2. The van der Waals surface area contributed by atoms with Crippen molar-refractivity contribution < 1.29 is 9.31 Å². The Morgan fingerprint density at radius 3 is 2.71 bits per heavy atom. The third kappa shape index (κ3) is 2.27. The maximum Gasteiger partial charge on any atom is 0.362 e. The van der Waals surface area contributed by atoms with Crippen LogP contribution in [0.1, 0.15) is 19.4 Å². The van der Waals surface area contributed by atoms with Crippen molar-refractivity contribution in [1.82, 2.24) is 0 Å². The summed E-state index contributed by atoms with van der Waals surface area (Å²) < 4.78 is 7.72. The van der Waals surface area contributed by atoms with Crippen molar-refractivity contribution >= 4 is 11.6 Å². The molecule has 3 rings (SSSR count). The van der Waals surface area contributed by atoms with E-state index in [4.69, 9.17) is 4.74 Å². The first kappa shape index (κ1) is 13.9. The molecule has 0 spiro atoms. The molecule has 110 valence electrons. The van der Waals surface area contributed by atoms with Gasteiger partial charge in [-0.05, 0) is 17.7 Å². The predicted molar refractivity (Wildman–Crippen MR) is 87.1 cm³/mol. The molecule has 0 radical (unpaired) electrons. The lowest BCUT2D eigenvalue weighted by atomic mass is 9.84. The number of nitrogens with zero attached hydrogens (tertiary/aromatic N) is 2. The van der Waals surface area contributed by atoms with Gasteiger partial charge in [0.2, 0.25) is 0 Å². The maximum atomic E-state index is 5.58. The second-order valence-electron chi connectivity index (χ2n) is 6.22. The minimum absolute atomic E-state index is 0.0305. The Balaban J connectivity index is 1.91. The van der Waals surface area contributed by atoms with Gasteiger partial charge in [0.25, 0.3) is 0 Å². The molecule has 0 N–H and O–H groups in total. The summed E-state index contributed by atoms with van der Waals surface area (Å²) in [4.78, 5) is 2.28. The van der Waals surface area contributed by atoms with E-state index in [1.165, 1.54) is 16.9 Å². The van der Waals surface area contributed by atoms with Crippen molar-refractivity contribution in [3.8, 4) is 0 Å². The van der Waals surface area contributed by atoms with Crippen molar-refractivity contribution in [2.24, 2.45) is 0 Å². The molecule has 2 aliphatic heterocycles. The smallest absolute Gasteiger partial charge is 0.362 e. The lowest BCUT2D eigenvalue weighted by Gasteiger charge is -2.23. The average molecular weight is 283 g/mol. The number of benzene rings is 1. The summed E-state index contributed by atoms with van der Waals surface area (Å²) in [6, 6.07) is 8.62. The molecule has 0 saturated heterocycles. The fourth-order valence-corrected chi connectivity index (χ4v) is 3.21. The molecule has 2 aliphatic rings. The van der Waals surface area contributed by atoms with E-state index in [1.54, 1.807) is 0 Å². The summed E-state index contributed by atoms with van der Waals surface area (Å²) in [5.41, 5.74) is 4.02. The standard InChI is InChI=1S/C18H23N2O/c1-18(2)14-8-5-6-9-15(14)20(4)16(18)10-7-11-17-19(3)12-13-21-17/h5-11H,12-13H2,1-4H3/q+1. The van der Waals surface area contributed by atoms with Gasteiger partial charge in [0.15, 0.2) is 13.2 Å². The van der Waals surface area contributed by atoms with E-state index in [0.29, 0.717) is 0 Å². The van der Waals surface area contributed by atoms with Crippen LogP contribution >= 0.6 is 0 Å². The van der Waals surface area contributed by atoms with Crippen LogP contribution in [0.3, 0.4) is 0 Å². The van der Waals surface area contributed by atoms with E-state index in [-0.39, 0.29) is 5.41 Å². The number of anilines is 1. The number of likely N-dealkylation sites (N-methyl/N-ethyl adjacent to an activating group) is 2. The monoisotopic (exact) mass is 283 g/mol. The van der Waals surface area contributed by atoms with Gasteiger partial charge in [0, 0.05) is 29.9 Å². The molecule has 1 aromatic rings. The van der Waals surface area contributed by atoms with Crippen LogP contribution in [-0.2, 0) is 10.2 Å². The van der Waals surface area contributed by atoms with Crippen molar-refractivity contribution in [2.75, 3.05) is 32.1 Å². The Morgan fingerprint density at radius 1 is 1.29 bits per heavy atom. The lowest BCUT2D eigenvalue weighted by molar-refractivity contribution is -0.486. The first-order valence-corrected chi connectivity index (χ1v) is 7.45. The molecule has 0 aromatic heterocycles. The Morgan fingerprint density at radius 2 is 2.05 bits per heavy atom. The van der Waals surface area contributed by atoms with E-state index >= 15 is 0 Å². The van der Waals surface area contributed by atoms with Crippen LogP contribution in [-0.4, -0.2) is 37.7 Å². The van der Waals surface area contributed by atoms with Crippen LogP contribution in [0.5, 0.6) is 0 Å². The average Bonchev–Trinajstić information content (AvgIpc) is 2.95. The zero-order valence-electron chi connectivity index (χ0n) is 13.3. The molecule has 0 amide bonds. The first-order chi connectivity index (χ1) is 10.0. The normalized spacial score (nSPS) is 22.3. The summed E-state index contributed by atoms with van der Waals surface area (Å²) in [6.45, 7) is 6.30. The van der Waals surface area contributed by atoms with Gasteiger partial charge < -0.3 is 9.64 Å².